The minimum atomic E-state index is -0.272. The summed E-state index contributed by atoms with van der Waals surface area (Å²) in [6.07, 6.45) is 3.19. The average molecular weight is 360 g/mol. The summed E-state index contributed by atoms with van der Waals surface area (Å²) >= 11 is 0. The lowest BCUT2D eigenvalue weighted by Gasteiger charge is -2.10. The van der Waals surface area contributed by atoms with Crippen LogP contribution < -0.4 is 16.0 Å². The van der Waals surface area contributed by atoms with Crippen LogP contribution in [0, 0.1) is 0 Å². The Labute approximate surface area is 157 Å². The monoisotopic (exact) mass is 360 g/mol. The predicted molar refractivity (Wildman–Crippen MR) is 107 cm³/mol. The lowest BCUT2D eigenvalue weighted by Crippen LogP contribution is -2.13. The van der Waals surface area contributed by atoms with Crippen molar-refractivity contribution in [3.63, 3.8) is 0 Å². The first-order valence-electron chi connectivity index (χ1n) is 8.52. The van der Waals surface area contributed by atoms with Gasteiger partial charge in [0.15, 0.2) is 0 Å². The molecule has 6 heteroatoms. The van der Waals surface area contributed by atoms with E-state index in [9.17, 15) is 9.59 Å². The highest BCUT2D eigenvalue weighted by molar-refractivity contribution is 6.05. The van der Waals surface area contributed by atoms with Gasteiger partial charge in [0.05, 0.1) is 11.3 Å². The Morgan fingerprint density at radius 3 is 2.33 bits per heavy atom. The Balaban J connectivity index is 1.65. The number of anilines is 3. The molecule has 6 nitrogen and oxygen atoms in total. The number of benzene rings is 2. The SMILES string of the molecule is CC(=O)Nc1cccc(NC(=O)c2cncc(NCc3ccccc3)c2)c1. The molecule has 0 unspecified atom stereocenters. The van der Waals surface area contributed by atoms with E-state index in [0.717, 1.165) is 11.3 Å². The molecule has 0 aliphatic heterocycles. The molecule has 1 heterocycles. The van der Waals surface area contributed by atoms with E-state index in [1.165, 1.54) is 13.1 Å². The van der Waals surface area contributed by atoms with Crippen molar-refractivity contribution in [2.45, 2.75) is 13.5 Å². The van der Waals surface area contributed by atoms with Crippen molar-refractivity contribution in [2.75, 3.05) is 16.0 Å². The summed E-state index contributed by atoms with van der Waals surface area (Å²) in [4.78, 5) is 27.8. The van der Waals surface area contributed by atoms with E-state index in [1.807, 2.05) is 30.3 Å². The van der Waals surface area contributed by atoms with Gasteiger partial charge in [-0.2, -0.15) is 0 Å². The van der Waals surface area contributed by atoms with Gasteiger partial charge in [0.2, 0.25) is 5.91 Å². The molecule has 3 rings (SSSR count). The van der Waals surface area contributed by atoms with Gasteiger partial charge in [-0.3, -0.25) is 14.6 Å². The average Bonchev–Trinajstić information content (AvgIpc) is 2.67. The van der Waals surface area contributed by atoms with Crippen molar-refractivity contribution in [1.29, 1.82) is 0 Å². The second-order valence-electron chi connectivity index (χ2n) is 6.02. The highest BCUT2D eigenvalue weighted by Gasteiger charge is 2.08. The summed E-state index contributed by atoms with van der Waals surface area (Å²) in [6.45, 7) is 2.08. The standard InChI is InChI=1S/C21H20N4O2/c1-15(26)24-18-8-5-9-19(11-18)25-21(27)17-10-20(14-22-13-17)23-12-16-6-3-2-4-7-16/h2-11,13-14,23H,12H2,1H3,(H,24,26)(H,25,27). The maximum atomic E-state index is 12.5. The largest absolute Gasteiger partial charge is 0.380 e. The Bertz CT molecular complexity index is 942. The molecular weight excluding hydrogens is 340 g/mol. The van der Waals surface area contributed by atoms with E-state index in [4.69, 9.17) is 0 Å². The van der Waals surface area contributed by atoms with Gasteiger partial charge in [-0.05, 0) is 29.8 Å². The zero-order chi connectivity index (χ0) is 19.1. The molecule has 0 saturated carbocycles. The summed E-state index contributed by atoms with van der Waals surface area (Å²) in [7, 11) is 0. The van der Waals surface area contributed by atoms with Crippen LogP contribution in [0.15, 0.2) is 73.1 Å². The number of hydrogen-bond acceptors (Lipinski definition) is 4. The molecule has 136 valence electrons. The van der Waals surface area contributed by atoms with E-state index < -0.39 is 0 Å². The van der Waals surface area contributed by atoms with Gasteiger partial charge in [-0.1, -0.05) is 36.4 Å². The van der Waals surface area contributed by atoms with Crippen LogP contribution in [0.2, 0.25) is 0 Å². The molecule has 3 N–H and O–H groups in total. The summed E-state index contributed by atoms with van der Waals surface area (Å²) < 4.78 is 0. The van der Waals surface area contributed by atoms with Crippen molar-refractivity contribution < 1.29 is 9.59 Å². The van der Waals surface area contributed by atoms with Gasteiger partial charge >= 0.3 is 0 Å². The molecule has 0 atom stereocenters. The van der Waals surface area contributed by atoms with Gasteiger partial charge in [-0.25, -0.2) is 0 Å². The Kier molecular flexibility index (Phi) is 5.79. The Morgan fingerprint density at radius 1 is 0.852 bits per heavy atom. The second-order valence-corrected chi connectivity index (χ2v) is 6.02. The first kappa shape index (κ1) is 18.1. The van der Waals surface area contributed by atoms with Crippen LogP contribution in [-0.4, -0.2) is 16.8 Å². The molecule has 0 aliphatic rings. The molecule has 3 aromatic rings. The lowest BCUT2D eigenvalue weighted by atomic mass is 10.2. The van der Waals surface area contributed by atoms with E-state index in [1.54, 1.807) is 36.5 Å². The van der Waals surface area contributed by atoms with Gasteiger partial charge in [-0.15, -0.1) is 0 Å². The van der Waals surface area contributed by atoms with E-state index >= 15 is 0 Å². The van der Waals surface area contributed by atoms with E-state index in [0.29, 0.717) is 23.5 Å². The number of nitrogens with one attached hydrogen (secondary N) is 3. The number of pyridine rings is 1. The molecule has 0 saturated heterocycles. The van der Waals surface area contributed by atoms with Gasteiger partial charge < -0.3 is 16.0 Å². The fourth-order valence-corrected chi connectivity index (χ4v) is 2.54. The smallest absolute Gasteiger partial charge is 0.257 e. The van der Waals surface area contributed by atoms with E-state index in [-0.39, 0.29) is 11.8 Å². The number of carbonyl (C=O) groups is 2. The zero-order valence-corrected chi connectivity index (χ0v) is 14.9. The molecular formula is C21H20N4O2. The number of hydrogen-bond donors (Lipinski definition) is 3. The van der Waals surface area contributed by atoms with Crippen LogP contribution in [0.1, 0.15) is 22.8 Å². The topological polar surface area (TPSA) is 83.1 Å². The maximum absolute atomic E-state index is 12.5. The molecule has 0 spiro atoms. The number of rotatable bonds is 6. The van der Waals surface area contributed by atoms with Crippen molar-refractivity contribution in [3.8, 4) is 0 Å². The Morgan fingerprint density at radius 2 is 1.59 bits per heavy atom. The number of carbonyl (C=O) groups excluding carboxylic acids is 2. The van der Waals surface area contributed by atoms with E-state index in [2.05, 4.69) is 20.9 Å². The normalized spacial score (nSPS) is 10.1. The highest BCUT2D eigenvalue weighted by atomic mass is 16.2. The molecule has 1 aromatic heterocycles. The highest BCUT2D eigenvalue weighted by Crippen LogP contribution is 2.17. The minimum absolute atomic E-state index is 0.167. The van der Waals surface area contributed by atoms with Crippen molar-refractivity contribution in [1.82, 2.24) is 4.98 Å². The van der Waals surface area contributed by atoms with Gasteiger partial charge in [0.25, 0.3) is 5.91 Å². The number of aromatic nitrogens is 1. The first-order valence-corrected chi connectivity index (χ1v) is 8.52. The second kappa shape index (κ2) is 8.62. The maximum Gasteiger partial charge on any atom is 0.257 e. The van der Waals surface area contributed by atoms with Crippen LogP contribution in [0.25, 0.3) is 0 Å². The molecule has 2 aromatic carbocycles. The van der Waals surface area contributed by atoms with Crippen molar-refractivity contribution in [2.24, 2.45) is 0 Å². The molecule has 0 radical (unpaired) electrons. The summed E-state index contributed by atoms with van der Waals surface area (Å²) in [6, 6.07) is 18.7. The summed E-state index contributed by atoms with van der Waals surface area (Å²) in [5.41, 5.74) is 3.56. The first-order chi connectivity index (χ1) is 13.1. The zero-order valence-electron chi connectivity index (χ0n) is 14.9. The summed E-state index contributed by atoms with van der Waals surface area (Å²) in [5.74, 6) is -0.439. The molecule has 27 heavy (non-hydrogen) atoms. The van der Waals surface area contributed by atoms with Crippen LogP contribution >= 0.6 is 0 Å². The van der Waals surface area contributed by atoms with Crippen LogP contribution in [0.5, 0.6) is 0 Å². The fraction of sp³-hybridized carbons (Fsp3) is 0.0952. The third-order valence-electron chi connectivity index (χ3n) is 3.78. The van der Waals surface area contributed by atoms with Crippen molar-refractivity contribution >= 4 is 28.9 Å². The third-order valence-corrected chi connectivity index (χ3v) is 3.78. The quantitative estimate of drug-likeness (QED) is 0.622. The molecule has 0 bridgehead atoms. The van der Waals surface area contributed by atoms with Gasteiger partial charge in [0.1, 0.15) is 0 Å². The number of nitrogens with zero attached hydrogens (tertiary/aromatic N) is 1. The third kappa shape index (κ3) is 5.40. The number of amides is 2. The van der Waals surface area contributed by atoms with Crippen LogP contribution in [0.3, 0.4) is 0 Å². The van der Waals surface area contributed by atoms with Crippen LogP contribution in [-0.2, 0) is 11.3 Å². The van der Waals surface area contributed by atoms with Crippen molar-refractivity contribution in [3.05, 3.63) is 84.2 Å². The lowest BCUT2D eigenvalue weighted by molar-refractivity contribution is -0.114. The minimum Gasteiger partial charge on any atom is -0.380 e. The predicted octanol–water partition coefficient (Wildman–Crippen LogP) is 3.90. The fourth-order valence-electron chi connectivity index (χ4n) is 2.54. The molecule has 2 amide bonds. The molecule has 0 fully saturated rings. The summed E-state index contributed by atoms with van der Waals surface area (Å²) in [5, 5.41) is 8.76. The van der Waals surface area contributed by atoms with Gasteiger partial charge in [0, 0.05) is 37.2 Å². The molecule has 0 aliphatic carbocycles. The van der Waals surface area contributed by atoms with Crippen LogP contribution in [0.4, 0.5) is 17.1 Å². The Hall–Kier alpha value is -3.67.